The monoisotopic (exact) mass is 279 g/mol. The van der Waals surface area contributed by atoms with Crippen molar-refractivity contribution in [1.82, 2.24) is 5.32 Å². The summed E-state index contributed by atoms with van der Waals surface area (Å²) in [6.07, 6.45) is 2.13. The molecule has 1 N–H and O–H groups in total. The van der Waals surface area contributed by atoms with Crippen LogP contribution in [0, 0.1) is 0 Å². The van der Waals surface area contributed by atoms with Crippen LogP contribution in [0.4, 0.5) is 0 Å². The molecule has 0 aromatic carbocycles. The van der Waals surface area contributed by atoms with E-state index >= 15 is 0 Å². The lowest BCUT2D eigenvalue weighted by Crippen LogP contribution is -2.20. The van der Waals surface area contributed by atoms with Gasteiger partial charge in [0, 0.05) is 33.1 Å². The summed E-state index contributed by atoms with van der Waals surface area (Å²) in [6.45, 7) is 3.29. The number of thiophene rings is 1. The van der Waals surface area contributed by atoms with Crippen LogP contribution in [0.25, 0.3) is 0 Å². The van der Waals surface area contributed by atoms with E-state index in [-0.39, 0.29) is 0 Å². The molecule has 1 rings (SSSR count). The smallest absolute Gasteiger partial charge is 0.0386 e. The van der Waals surface area contributed by atoms with E-state index in [2.05, 4.69) is 45.9 Å². The van der Waals surface area contributed by atoms with Gasteiger partial charge in [-0.1, -0.05) is 0 Å². The fourth-order valence-corrected chi connectivity index (χ4v) is 2.83. The van der Waals surface area contributed by atoms with Crippen LogP contribution in [0.1, 0.15) is 17.8 Å². The molecular formula is C9H14BrNS2. The Morgan fingerprint density at radius 1 is 1.69 bits per heavy atom. The normalized spacial score (nSPS) is 13.2. The highest BCUT2D eigenvalue weighted by atomic mass is 79.9. The zero-order chi connectivity index (χ0) is 9.68. The Hall–Kier alpha value is 0.490. The van der Waals surface area contributed by atoms with Crippen LogP contribution in [0.3, 0.4) is 0 Å². The zero-order valence-electron chi connectivity index (χ0n) is 7.84. The van der Waals surface area contributed by atoms with Gasteiger partial charge in [0.1, 0.15) is 0 Å². The summed E-state index contributed by atoms with van der Waals surface area (Å²) < 4.78 is 1.19. The molecule has 74 valence electrons. The Morgan fingerprint density at radius 3 is 3.00 bits per heavy atom. The van der Waals surface area contributed by atoms with Gasteiger partial charge >= 0.3 is 0 Å². The third-order valence-corrected chi connectivity index (χ3v) is 4.26. The van der Waals surface area contributed by atoms with Gasteiger partial charge in [-0.3, -0.25) is 0 Å². The molecule has 0 fully saturated rings. The van der Waals surface area contributed by atoms with E-state index in [9.17, 15) is 0 Å². The number of rotatable bonds is 5. The fraction of sp³-hybridized carbons (Fsp3) is 0.556. The van der Waals surface area contributed by atoms with E-state index in [1.807, 2.05) is 11.8 Å². The van der Waals surface area contributed by atoms with Crippen molar-refractivity contribution in [3.8, 4) is 0 Å². The van der Waals surface area contributed by atoms with E-state index in [0.29, 0.717) is 6.04 Å². The van der Waals surface area contributed by atoms with E-state index in [1.165, 1.54) is 15.1 Å². The van der Waals surface area contributed by atoms with Crippen molar-refractivity contribution >= 4 is 39.0 Å². The molecule has 13 heavy (non-hydrogen) atoms. The Balaban J connectivity index is 2.35. The molecule has 0 aliphatic carbocycles. The minimum absolute atomic E-state index is 0.475. The summed E-state index contributed by atoms with van der Waals surface area (Å²) in [5.74, 6) is 1.18. The van der Waals surface area contributed by atoms with Crippen molar-refractivity contribution in [2.24, 2.45) is 0 Å². The predicted molar refractivity (Wildman–Crippen MR) is 66.8 cm³/mol. The van der Waals surface area contributed by atoms with Gasteiger partial charge in [-0.15, -0.1) is 11.3 Å². The third-order valence-electron chi connectivity index (χ3n) is 1.77. The summed E-state index contributed by atoms with van der Waals surface area (Å²) in [5, 5.41) is 5.61. The standard InChI is InChI=1S/C9H14BrNS2/c1-7(11-3-4-12-2)9-5-8(10)6-13-9/h5-7,11H,3-4H2,1-2H3. The van der Waals surface area contributed by atoms with Gasteiger partial charge in [0.15, 0.2) is 0 Å². The first kappa shape index (κ1) is 11.6. The molecule has 0 aliphatic heterocycles. The van der Waals surface area contributed by atoms with Crippen LogP contribution in [0.2, 0.25) is 0 Å². The minimum atomic E-state index is 0.475. The second-order valence-electron chi connectivity index (χ2n) is 2.84. The van der Waals surface area contributed by atoms with E-state index in [0.717, 1.165) is 6.54 Å². The summed E-state index contributed by atoms with van der Waals surface area (Å²) >= 11 is 7.14. The molecule has 1 aromatic rings. The number of hydrogen-bond donors (Lipinski definition) is 1. The van der Waals surface area contributed by atoms with Crippen LogP contribution in [-0.4, -0.2) is 18.6 Å². The molecule has 1 unspecified atom stereocenters. The maximum absolute atomic E-state index is 3.48. The van der Waals surface area contributed by atoms with Gasteiger partial charge in [0.2, 0.25) is 0 Å². The molecule has 1 heterocycles. The Bertz CT molecular complexity index is 250. The first-order chi connectivity index (χ1) is 6.24. The van der Waals surface area contributed by atoms with Gasteiger partial charge in [0.25, 0.3) is 0 Å². The lowest BCUT2D eigenvalue weighted by molar-refractivity contribution is 0.610. The van der Waals surface area contributed by atoms with Gasteiger partial charge in [-0.2, -0.15) is 11.8 Å². The average molecular weight is 280 g/mol. The maximum atomic E-state index is 3.48. The Kier molecular flexibility index (Phi) is 5.39. The lowest BCUT2D eigenvalue weighted by atomic mass is 10.3. The van der Waals surface area contributed by atoms with Gasteiger partial charge in [-0.05, 0) is 35.2 Å². The Morgan fingerprint density at radius 2 is 2.46 bits per heavy atom. The highest BCUT2D eigenvalue weighted by Crippen LogP contribution is 2.25. The summed E-state index contributed by atoms with van der Waals surface area (Å²) in [7, 11) is 0. The largest absolute Gasteiger partial charge is 0.309 e. The molecular weight excluding hydrogens is 266 g/mol. The molecule has 1 nitrogen and oxygen atoms in total. The second-order valence-corrected chi connectivity index (χ2v) is 5.68. The predicted octanol–water partition coefficient (Wildman–Crippen LogP) is 3.52. The summed E-state index contributed by atoms with van der Waals surface area (Å²) in [5.41, 5.74) is 0. The summed E-state index contributed by atoms with van der Waals surface area (Å²) in [4.78, 5) is 1.40. The topological polar surface area (TPSA) is 12.0 Å². The van der Waals surface area contributed by atoms with E-state index < -0.39 is 0 Å². The van der Waals surface area contributed by atoms with Gasteiger partial charge in [0.05, 0.1) is 0 Å². The van der Waals surface area contributed by atoms with Gasteiger partial charge < -0.3 is 5.32 Å². The van der Waals surface area contributed by atoms with Crippen molar-refractivity contribution in [3.63, 3.8) is 0 Å². The highest BCUT2D eigenvalue weighted by Gasteiger charge is 2.06. The molecule has 0 bridgehead atoms. The first-order valence-electron chi connectivity index (χ1n) is 4.20. The number of hydrogen-bond acceptors (Lipinski definition) is 3. The highest BCUT2D eigenvalue weighted by molar-refractivity contribution is 9.10. The third kappa shape index (κ3) is 4.02. The van der Waals surface area contributed by atoms with Crippen molar-refractivity contribution in [3.05, 3.63) is 20.8 Å². The molecule has 0 aliphatic rings. The number of halogens is 1. The van der Waals surface area contributed by atoms with E-state index in [1.54, 1.807) is 11.3 Å². The Labute approximate surface area is 96.4 Å². The summed E-state index contributed by atoms with van der Waals surface area (Å²) in [6, 6.07) is 2.66. The molecule has 0 amide bonds. The molecule has 0 saturated heterocycles. The average Bonchev–Trinajstić information content (AvgIpc) is 2.52. The van der Waals surface area contributed by atoms with Crippen LogP contribution < -0.4 is 5.32 Å². The fourth-order valence-electron chi connectivity index (χ4n) is 1.03. The quantitative estimate of drug-likeness (QED) is 0.828. The molecule has 0 radical (unpaired) electrons. The second kappa shape index (κ2) is 6.06. The minimum Gasteiger partial charge on any atom is -0.309 e. The molecule has 4 heteroatoms. The zero-order valence-corrected chi connectivity index (χ0v) is 11.1. The molecule has 1 aromatic heterocycles. The van der Waals surface area contributed by atoms with Crippen LogP contribution in [0.15, 0.2) is 15.9 Å². The first-order valence-corrected chi connectivity index (χ1v) is 7.27. The van der Waals surface area contributed by atoms with Crippen LogP contribution >= 0.6 is 39.0 Å². The van der Waals surface area contributed by atoms with Crippen molar-refractivity contribution in [2.75, 3.05) is 18.6 Å². The molecule has 0 spiro atoms. The van der Waals surface area contributed by atoms with Gasteiger partial charge in [-0.25, -0.2) is 0 Å². The van der Waals surface area contributed by atoms with Crippen molar-refractivity contribution < 1.29 is 0 Å². The van der Waals surface area contributed by atoms with Crippen LogP contribution in [-0.2, 0) is 0 Å². The molecule has 0 saturated carbocycles. The lowest BCUT2D eigenvalue weighted by Gasteiger charge is -2.10. The number of nitrogens with one attached hydrogen (secondary N) is 1. The van der Waals surface area contributed by atoms with Crippen LogP contribution in [0.5, 0.6) is 0 Å². The van der Waals surface area contributed by atoms with Crippen molar-refractivity contribution in [2.45, 2.75) is 13.0 Å². The molecule has 1 atom stereocenters. The SMILES string of the molecule is CSCCNC(C)c1cc(Br)cs1. The number of thioether (sulfide) groups is 1. The van der Waals surface area contributed by atoms with E-state index in [4.69, 9.17) is 0 Å². The van der Waals surface area contributed by atoms with Crippen molar-refractivity contribution in [1.29, 1.82) is 0 Å². The maximum Gasteiger partial charge on any atom is 0.0386 e.